The minimum absolute atomic E-state index is 0.0536. The number of amides is 1. The van der Waals surface area contributed by atoms with Gasteiger partial charge in [0, 0.05) is 32.8 Å². The van der Waals surface area contributed by atoms with Crippen LogP contribution in [-0.4, -0.2) is 69.4 Å². The third-order valence-electron chi connectivity index (χ3n) is 3.69. The SMILES string of the molecule is CCN1CCCC(CN(C)C(=O)CCS(C)(=O)=O)C1. The Kier molecular flexibility index (Phi) is 6.26. The maximum Gasteiger partial charge on any atom is 0.223 e. The molecule has 0 aromatic carbocycles. The number of nitrogens with zero attached hydrogens (tertiary/aromatic N) is 2. The molecule has 0 spiro atoms. The average molecular weight is 290 g/mol. The normalized spacial score (nSPS) is 21.3. The van der Waals surface area contributed by atoms with Gasteiger partial charge >= 0.3 is 0 Å². The van der Waals surface area contributed by atoms with Gasteiger partial charge in [0.15, 0.2) is 0 Å². The molecule has 0 aromatic heterocycles. The fraction of sp³-hybridized carbons (Fsp3) is 0.923. The second kappa shape index (κ2) is 7.24. The van der Waals surface area contributed by atoms with Crippen molar-refractivity contribution in [1.29, 1.82) is 0 Å². The van der Waals surface area contributed by atoms with E-state index in [4.69, 9.17) is 0 Å². The first-order valence-electron chi connectivity index (χ1n) is 6.96. The largest absolute Gasteiger partial charge is 0.345 e. The van der Waals surface area contributed by atoms with Crippen LogP contribution in [0, 0.1) is 5.92 Å². The van der Waals surface area contributed by atoms with Crippen LogP contribution in [0.15, 0.2) is 0 Å². The molecule has 0 aromatic rings. The van der Waals surface area contributed by atoms with Crippen molar-refractivity contribution in [3.05, 3.63) is 0 Å². The van der Waals surface area contributed by atoms with Crippen LogP contribution in [0.2, 0.25) is 0 Å². The summed E-state index contributed by atoms with van der Waals surface area (Å²) >= 11 is 0. The number of sulfone groups is 1. The summed E-state index contributed by atoms with van der Waals surface area (Å²) in [6.45, 7) is 6.14. The first kappa shape index (κ1) is 16.4. The van der Waals surface area contributed by atoms with Gasteiger partial charge in [-0.05, 0) is 31.8 Å². The number of piperidine rings is 1. The van der Waals surface area contributed by atoms with E-state index in [2.05, 4.69) is 11.8 Å². The van der Waals surface area contributed by atoms with Crippen molar-refractivity contribution in [2.45, 2.75) is 26.2 Å². The van der Waals surface area contributed by atoms with Gasteiger partial charge in [-0.15, -0.1) is 0 Å². The van der Waals surface area contributed by atoms with Crippen LogP contribution < -0.4 is 0 Å². The molecular formula is C13H26N2O3S. The van der Waals surface area contributed by atoms with E-state index in [-0.39, 0.29) is 18.1 Å². The molecule has 1 amide bonds. The van der Waals surface area contributed by atoms with E-state index < -0.39 is 9.84 Å². The molecule has 19 heavy (non-hydrogen) atoms. The average Bonchev–Trinajstić information content (AvgIpc) is 2.35. The second-order valence-electron chi connectivity index (χ2n) is 5.56. The fourth-order valence-electron chi connectivity index (χ4n) is 2.54. The molecule has 1 saturated heterocycles. The highest BCUT2D eigenvalue weighted by molar-refractivity contribution is 7.90. The zero-order valence-corrected chi connectivity index (χ0v) is 13.1. The maximum atomic E-state index is 11.9. The summed E-state index contributed by atoms with van der Waals surface area (Å²) < 4.78 is 22.1. The van der Waals surface area contributed by atoms with Crippen LogP contribution in [0.3, 0.4) is 0 Å². The van der Waals surface area contributed by atoms with Crippen LogP contribution in [0.25, 0.3) is 0 Å². The minimum Gasteiger partial charge on any atom is -0.345 e. The highest BCUT2D eigenvalue weighted by atomic mass is 32.2. The summed E-state index contributed by atoms with van der Waals surface area (Å²) in [7, 11) is -1.28. The third kappa shape index (κ3) is 6.38. The van der Waals surface area contributed by atoms with Gasteiger partial charge < -0.3 is 9.80 Å². The first-order valence-corrected chi connectivity index (χ1v) is 9.02. The smallest absolute Gasteiger partial charge is 0.223 e. The predicted octanol–water partition coefficient (Wildman–Crippen LogP) is 0.611. The molecule has 0 saturated carbocycles. The molecule has 5 nitrogen and oxygen atoms in total. The molecule has 0 aliphatic carbocycles. The van der Waals surface area contributed by atoms with Crippen molar-refractivity contribution in [3.63, 3.8) is 0 Å². The van der Waals surface area contributed by atoms with E-state index in [0.29, 0.717) is 5.92 Å². The van der Waals surface area contributed by atoms with Gasteiger partial charge in [-0.2, -0.15) is 0 Å². The minimum atomic E-state index is -3.05. The lowest BCUT2D eigenvalue weighted by molar-refractivity contribution is -0.130. The highest BCUT2D eigenvalue weighted by Gasteiger charge is 2.22. The van der Waals surface area contributed by atoms with Crippen molar-refractivity contribution in [3.8, 4) is 0 Å². The third-order valence-corrected chi connectivity index (χ3v) is 4.64. The number of hydrogen-bond acceptors (Lipinski definition) is 4. The summed E-state index contributed by atoms with van der Waals surface area (Å²) in [5.74, 6) is 0.391. The summed E-state index contributed by atoms with van der Waals surface area (Å²) in [4.78, 5) is 16.0. The van der Waals surface area contributed by atoms with Crippen LogP contribution in [0.5, 0.6) is 0 Å². The maximum absolute atomic E-state index is 11.9. The van der Waals surface area contributed by atoms with Crippen molar-refractivity contribution < 1.29 is 13.2 Å². The van der Waals surface area contributed by atoms with Crippen LogP contribution in [0.1, 0.15) is 26.2 Å². The molecule has 6 heteroatoms. The van der Waals surface area contributed by atoms with E-state index in [1.807, 2.05) is 0 Å². The van der Waals surface area contributed by atoms with Gasteiger partial charge in [0.1, 0.15) is 9.84 Å². The fourth-order valence-corrected chi connectivity index (χ4v) is 3.09. The molecule has 1 unspecified atom stereocenters. The molecular weight excluding hydrogens is 264 g/mol. The van der Waals surface area contributed by atoms with Crippen LogP contribution in [-0.2, 0) is 14.6 Å². The first-order chi connectivity index (χ1) is 8.81. The zero-order chi connectivity index (χ0) is 14.5. The molecule has 0 radical (unpaired) electrons. The molecule has 1 aliphatic rings. The van der Waals surface area contributed by atoms with Crippen LogP contribution in [0.4, 0.5) is 0 Å². The Morgan fingerprint density at radius 3 is 2.68 bits per heavy atom. The Bertz CT molecular complexity index is 395. The Hall–Kier alpha value is -0.620. The van der Waals surface area contributed by atoms with Crippen molar-refractivity contribution in [2.75, 3.05) is 45.2 Å². The lowest BCUT2D eigenvalue weighted by Gasteiger charge is -2.34. The quantitative estimate of drug-likeness (QED) is 0.719. The summed E-state index contributed by atoms with van der Waals surface area (Å²) in [5.41, 5.74) is 0. The Labute approximate surface area is 116 Å². The summed E-state index contributed by atoms with van der Waals surface area (Å²) in [6.07, 6.45) is 3.60. The second-order valence-corrected chi connectivity index (χ2v) is 7.82. The topological polar surface area (TPSA) is 57.7 Å². The Balaban J connectivity index is 2.37. The van der Waals surface area contributed by atoms with Crippen molar-refractivity contribution in [1.82, 2.24) is 9.80 Å². The van der Waals surface area contributed by atoms with E-state index in [1.54, 1.807) is 11.9 Å². The van der Waals surface area contributed by atoms with Gasteiger partial charge in [-0.25, -0.2) is 8.42 Å². The number of hydrogen-bond donors (Lipinski definition) is 0. The van der Waals surface area contributed by atoms with Crippen molar-refractivity contribution in [2.24, 2.45) is 5.92 Å². The molecule has 0 N–H and O–H groups in total. The summed E-state index contributed by atoms with van der Waals surface area (Å²) in [5, 5.41) is 0. The Morgan fingerprint density at radius 1 is 1.42 bits per heavy atom. The number of carbonyl (C=O) groups excluding carboxylic acids is 1. The molecule has 1 heterocycles. The van der Waals surface area contributed by atoms with Gasteiger partial charge in [-0.3, -0.25) is 4.79 Å². The Morgan fingerprint density at radius 2 is 2.11 bits per heavy atom. The van der Waals surface area contributed by atoms with Gasteiger partial charge in [0.05, 0.1) is 5.75 Å². The molecule has 112 valence electrons. The molecule has 1 atom stereocenters. The van der Waals surface area contributed by atoms with Crippen LogP contribution >= 0.6 is 0 Å². The van der Waals surface area contributed by atoms with E-state index in [0.717, 1.165) is 32.6 Å². The number of carbonyl (C=O) groups is 1. The monoisotopic (exact) mass is 290 g/mol. The van der Waals surface area contributed by atoms with E-state index >= 15 is 0 Å². The van der Waals surface area contributed by atoms with E-state index in [9.17, 15) is 13.2 Å². The molecule has 0 bridgehead atoms. The van der Waals surface area contributed by atoms with Gasteiger partial charge in [0.25, 0.3) is 0 Å². The highest BCUT2D eigenvalue weighted by Crippen LogP contribution is 2.17. The molecule has 1 aliphatic heterocycles. The van der Waals surface area contributed by atoms with E-state index in [1.165, 1.54) is 12.7 Å². The molecule has 1 rings (SSSR count). The van der Waals surface area contributed by atoms with Crippen molar-refractivity contribution >= 4 is 15.7 Å². The zero-order valence-electron chi connectivity index (χ0n) is 12.3. The van der Waals surface area contributed by atoms with Gasteiger partial charge in [0.2, 0.25) is 5.91 Å². The summed E-state index contributed by atoms with van der Waals surface area (Å²) in [6, 6.07) is 0. The lowest BCUT2D eigenvalue weighted by atomic mass is 9.97. The molecule has 1 fully saturated rings. The van der Waals surface area contributed by atoms with Gasteiger partial charge in [-0.1, -0.05) is 6.92 Å². The predicted molar refractivity (Wildman–Crippen MR) is 76.8 cm³/mol. The number of likely N-dealkylation sites (tertiary alicyclic amines) is 1. The standard InChI is InChI=1S/C13H26N2O3S/c1-4-15-8-5-6-12(11-15)10-14(2)13(16)7-9-19(3,17)18/h12H,4-11H2,1-3H3. The number of rotatable bonds is 6. The lowest BCUT2D eigenvalue weighted by Crippen LogP contribution is -2.41.